The van der Waals surface area contributed by atoms with Gasteiger partial charge in [0, 0.05) is 18.9 Å². The van der Waals surface area contributed by atoms with Crippen LogP contribution in [0.2, 0.25) is 0 Å². The molecule has 1 aromatic heterocycles. The molecule has 0 bridgehead atoms. The second-order valence-corrected chi connectivity index (χ2v) is 3.54. The van der Waals surface area contributed by atoms with Crippen LogP contribution in [-0.4, -0.2) is 24.0 Å². The summed E-state index contributed by atoms with van der Waals surface area (Å²) in [4.78, 5) is 15.8. The molecular formula is C13H17N3O. The molecule has 4 nitrogen and oxygen atoms in total. The maximum absolute atomic E-state index is 11.9. The van der Waals surface area contributed by atoms with Gasteiger partial charge in [0.1, 0.15) is 0 Å². The van der Waals surface area contributed by atoms with Crippen LogP contribution in [0.15, 0.2) is 18.5 Å². The second-order valence-electron chi connectivity index (χ2n) is 3.54. The largest absolute Gasteiger partial charge is 0.352 e. The Morgan fingerprint density at radius 2 is 2.41 bits per heavy atom. The molecule has 0 saturated heterocycles. The zero-order valence-corrected chi connectivity index (χ0v) is 9.99. The Morgan fingerprint density at radius 3 is 3.12 bits per heavy atom. The Kier molecular flexibility index (Phi) is 5.76. The molecule has 1 heterocycles. The Labute approximate surface area is 102 Å². The molecule has 0 saturated carbocycles. The van der Waals surface area contributed by atoms with Crippen LogP contribution in [0.5, 0.6) is 0 Å². The molecular weight excluding hydrogens is 214 g/mol. The molecule has 90 valence electrons. The van der Waals surface area contributed by atoms with Gasteiger partial charge in [-0.05, 0) is 12.5 Å². The van der Waals surface area contributed by atoms with E-state index in [-0.39, 0.29) is 12.5 Å². The summed E-state index contributed by atoms with van der Waals surface area (Å²) in [6, 6.07) is 1.67. The SMILES string of the molecule is CCCCNC(=O)c1ccncc1C#CCN. The number of hydrogen-bond donors (Lipinski definition) is 2. The summed E-state index contributed by atoms with van der Waals surface area (Å²) < 4.78 is 0. The molecule has 3 N–H and O–H groups in total. The minimum atomic E-state index is -0.109. The van der Waals surface area contributed by atoms with Crippen LogP contribution in [0.3, 0.4) is 0 Å². The first-order valence-electron chi connectivity index (χ1n) is 5.70. The zero-order chi connectivity index (χ0) is 12.5. The van der Waals surface area contributed by atoms with Crippen molar-refractivity contribution in [2.24, 2.45) is 5.73 Å². The molecule has 1 aromatic rings. The summed E-state index contributed by atoms with van der Waals surface area (Å²) in [7, 11) is 0. The number of nitrogens with zero attached hydrogens (tertiary/aromatic N) is 1. The van der Waals surface area contributed by atoms with Gasteiger partial charge in [-0.1, -0.05) is 25.2 Å². The summed E-state index contributed by atoms with van der Waals surface area (Å²) in [6.07, 6.45) is 5.19. The van der Waals surface area contributed by atoms with Gasteiger partial charge in [-0.2, -0.15) is 0 Å². The van der Waals surface area contributed by atoms with Crippen LogP contribution >= 0.6 is 0 Å². The topological polar surface area (TPSA) is 68.0 Å². The number of hydrogen-bond acceptors (Lipinski definition) is 3. The lowest BCUT2D eigenvalue weighted by Gasteiger charge is -2.05. The number of nitrogens with one attached hydrogen (secondary N) is 1. The van der Waals surface area contributed by atoms with Crippen molar-refractivity contribution in [3.8, 4) is 11.8 Å². The Hall–Kier alpha value is -1.86. The second kappa shape index (κ2) is 7.42. The van der Waals surface area contributed by atoms with Crippen LogP contribution in [-0.2, 0) is 0 Å². The molecule has 0 aromatic carbocycles. The van der Waals surface area contributed by atoms with Gasteiger partial charge in [-0.3, -0.25) is 9.78 Å². The van der Waals surface area contributed by atoms with E-state index in [1.807, 2.05) is 0 Å². The molecule has 0 aliphatic rings. The quantitative estimate of drug-likeness (QED) is 0.598. The molecule has 0 aliphatic heterocycles. The van der Waals surface area contributed by atoms with Gasteiger partial charge < -0.3 is 11.1 Å². The highest BCUT2D eigenvalue weighted by Crippen LogP contribution is 2.05. The summed E-state index contributed by atoms with van der Waals surface area (Å²) in [5, 5.41) is 2.85. The minimum Gasteiger partial charge on any atom is -0.352 e. The van der Waals surface area contributed by atoms with Crippen LogP contribution in [0, 0.1) is 11.8 Å². The first kappa shape index (κ1) is 13.2. The lowest BCUT2D eigenvalue weighted by molar-refractivity contribution is 0.0953. The van der Waals surface area contributed by atoms with E-state index in [1.54, 1.807) is 18.5 Å². The van der Waals surface area contributed by atoms with Crippen molar-refractivity contribution in [1.82, 2.24) is 10.3 Å². The van der Waals surface area contributed by atoms with E-state index in [0.29, 0.717) is 17.7 Å². The Bertz CT molecular complexity index is 432. The Balaban J connectivity index is 2.78. The number of pyridine rings is 1. The van der Waals surface area contributed by atoms with Crippen LogP contribution in [0.4, 0.5) is 0 Å². The zero-order valence-electron chi connectivity index (χ0n) is 9.99. The first-order valence-corrected chi connectivity index (χ1v) is 5.70. The average molecular weight is 231 g/mol. The van der Waals surface area contributed by atoms with Crippen molar-refractivity contribution < 1.29 is 4.79 Å². The molecule has 1 amide bonds. The molecule has 0 fully saturated rings. The van der Waals surface area contributed by atoms with Crippen molar-refractivity contribution in [2.45, 2.75) is 19.8 Å². The van der Waals surface area contributed by atoms with Crippen molar-refractivity contribution in [1.29, 1.82) is 0 Å². The number of nitrogens with two attached hydrogens (primary N) is 1. The van der Waals surface area contributed by atoms with E-state index in [2.05, 4.69) is 29.1 Å². The molecule has 0 spiro atoms. The third kappa shape index (κ3) is 4.25. The number of rotatable bonds is 4. The fourth-order valence-corrected chi connectivity index (χ4v) is 1.31. The van der Waals surface area contributed by atoms with E-state index in [1.165, 1.54) is 0 Å². The molecule has 0 radical (unpaired) electrons. The highest BCUT2D eigenvalue weighted by atomic mass is 16.1. The molecule has 4 heteroatoms. The first-order chi connectivity index (χ1) is 8.29. The lowest BCUT2D eigenvalue weighted by Crippen LogP contribution is -2.25. The van der Waals surface area contributed by atoms with E-state index < -0.39 is 0 Å². The number of unbranched alkanes of at least 4 members (excludes halogenated alkanes) is 1. The molecule has 0 aliphatic carbocycles. The normalized spacial score (nSPS) is 9.29. The van der Waals surface area contributed by atoms with E-state index in [9.17, 15) is 4.79 Å². The molecule has 0 unspecified atom stereocenters. The summed E-state index contributed by atoms with van der Waals surface area (Å²) in [6.45, 7) is 3.03. The van der Waals surface area contributed by atoms with E-state index >= 15 is 0 Å². The molecule has 17 heavy (non-hydrogen) atoms. The van der Waals surface area contributed by atoms with E-state index in [0.717, 1.165) is 12.8 Å². The van der Waals surface area contributed by atoms with Crippen LogP contribution < -0.4 is 11.1 Å². The molecule has 0 atom stereocenters. The van der Waals surface area contributed by atoms with Gasteiger partial charge >= 0.3 is 0 Å². The van der Waals surface area contributed by atoms with Gasteiger partial charge in [0.15, 0.2) is 0 Å². The standard InChI is InChI=1S/C13H17N3O/c1-2-3-8-16-13(17)12-6-9-15-10-11(12)5-4-7-14/h6,9-10H,2-3,7-8,14H2,1H3,(H,16,17). The highest BCUT2D eigenvalue weighted by molar-refractivity contribution is 5.96. The van der Waals surface area contributed by atoms with Crippen LogP contribution in [0.1, 0.15) is 35.7 Å². The fourth-order valence-electron chi connectivity index (χ4n) is 1.31. The third-order valence-electron chi connectivity index (χ3n) is 2.21. The number of amides is 1. The smallest absolute Gasteiger partial charge is 0.252 e. The number of carbonyl (C=O) groups excluding carboxylic acids is 1. The van der Waals surface area contributed by atoms with Crippen molar-refractivity contribution in [3.63, 3.8) is 0 Å². The minimum absolute atomic E-state index is 0.109. The van der Waals surface area contributed by atoms with Gasteiger partial charge in [0.05, 0.1) is 17.7 Å². The maximum Gasteiger partial charge on any atom is 0.252 e. The number of carbonyl (C=O) groups is 1. The molecule has 1 rings (SSSR count). The van der Waals surface area contributed by atoms with Gasteiger partial charge in [0.25, 0.3) is 5.91 Å². The van der Waals surface area contributed by atoms with Gasteiger partial charge in [0.2, 0.25) is 0 Å². The maximum atomic E-state index is 11.9. The number of aromatic nitrogens is 1. The average Bonchev–Trinajstić information content (AvgIpc) is 2.37. The third-order valence-corrected chi connectivity index (χ3v) is 2.21. The lowest BCUT2D eigenvalue weighted by atomic mass is 10.1. The van der Waals surface area contributed by atoms with Crippen molar-refractivity contribution in [2.75, 3.05) is 13.1 Å². The van der Waals surface area contributed by atoms with Gasteiger partial charge in [-0.15, -0.1) is 0 Å². The fraction of sp³-hybridized carbons (Fsp3) is 0.385. The van der Waals surface area contributed by atoms with Crippen molar-refractivity contribution in [3.05, 3.63) is 29.6 Å². The summed E-state index contributed by atoms with van der Waals surface area (Å²) in [5.41, 5.74) is 6.48. The van der Waals surface area contributed by atoms with E-state index in [4.69, 9.17) is 5.73 Å². The summed E-state index contributed by atoms with van der Waals surface area (Å²) in [5.74, 6) is 5.46. The highest BCUT2D eigenvalue weighted by Gasteiger charge is 2.08. The monoisotopic (exact) mass is 231 g/mol. The van der Waals surface area contributed by atoms with Crippen LogP contribution in [0.25, 0.3) is 0 Å². The Morgan fingerprint density at radius 1 is 1.59 bits per heavy atom. The van der Waals surface area contributed by atoms with Crippen molar-refractivity contribution >= 4 is 5.91 Å². The summed E-state index contributed by atoms with van der Waals surface area (Å²) >= 11 is 0. The predicted octanol–water partition coefficient (Wildman–Crippen LogP) is 0.922. The van der Waals surface area contributed by atoms with Gasteiger partial charge in [-0.25, -0.2) is 0 Å². The predicted molar refractivity (Wildman–Crippen MR) is 67.4 cm³/mol.